The summed E-state index contributed by atoms with van der Waals surface area (Å²) in [6, 6.07) is 14.2. The van der Waals surface area contributed by atoms with Crippen LogP contribution in [0.5, 0.6) is 11.5 Å². The van der Waals surface area contributed by atoms with Crippen molar-refractivity contribution in [1.82, 2.24) is 5.32 Å². The number of sulfone groups is 1. The zero-order valence-corrected chi connectivity index (χ0v) is 17.0. The minimum absolute atomic E-state index is 0. The summed E-state index contributed by atoms with van der Waals surface area (Å²) in [5.74, 6) is 0.853. The molecule has 1 unspecified atom stereocenters. The van der Waals surface area contributed by atoms with E-state index in [1.54, 1.807) is 0 Å². The number of nitrogens with two attached hydrogens (primary N) is 1. The SMILES string of the molecule is Cc1ccc(CNC(=O)C(N)CCS(C)(=O)=O)c(Oc2ccccc2)c1.Cl. The van der Waals surface area contributed by atoms with Crippen molar-refractivity contribution in [2.24, 2.45) is 5.73 Å². The highest BCUT2D eigenvalue weighted by atomic mass is 35.5. The quantitative estimate of drug-likeness (QED) is 0.694. The van der Waals surface area contributed by atoms with Crippen LogP contribution in [0, 0.1) is 6.92 Å². The summed E-state index contributed by atoms with van der Waals surface area (Å²) in [4.78, 5) is 12.1. The molecule has 1 atom stereocenters. The number of carbonyl (C=O) groups excluding carboxylic acids is 1. The van der Waals surface area contributed by atoms with Crippen molar-refractivity contribution in [2.75, 3.05) is 12.0 Å². The van der Waals surface area contributed by atoms with E-state index < -0.39 is 15.9 Å². The first-order valence-corrected chi connectivity index (χ1v) is 10.3. The molecule has 3 N–H and O–H groups in total. The molecule has 0 heterocycles. The van der Waals surface area contributed by atoms with Gasteiger partial charge in [0.1, 0.15) is 21.3 Å². The maximum Gasteiger partial charge on any atom is 0.237 e. The summed E-state index contributed by atoms with van der Waals surface area (Å²) in [6.45, 7) is 2.20. The summed E-state index contributed by atoms with van der Waals surface area (Å²) < 4.78 is 28.3. The van der Waals surface area contributed by atoms with Crippen LogP contribution in [-0.4, -0.2) is 32.4 Å². The highest BCUT2D eigenvalue weighted by Gasteiger charge is 2.16. The molecule has 0 radical (unpaired) electrons. The monoisotopic (exact) mass is 412 g/mol. The average Bonchev–Trinajstić information content (AvgIpc) is 2.59. The maximum absolute atomic E-state index is 12.1. The third-order valence-corrected chi connectivity index (χ3v) is 4.76. The number of hydrogen-bond donors (Lipinski definition) is 2. The molecule has 0 aliphatic carbocycles. The first-order valence-electron chi connectivity index (χ1n) is 8.28. The van der Waals surface area contributed by atoms with Gasteiger partial charge in [-0.1, -0.05) is 30.3 Å². The predicted molar refractivity (Wildman–Crippen MR) is 109 cm³/mol. The molecule has 0 spiro atoms. The summed E-state index contributed by atoms with van der Waals surface area (Å²) in [5.41, 5.74) is 7.61. The minimum atomic E-state index is -3.15. The van der Waals surface area contributed by atoms with Gasteiger partial charge in [0.05, 0.1) is 11.8 Å². The van der Waals surface area contributed by atoms with Crippen LogP contribution in [-0.2, 0) is 21.2 Å². The Balaban J connectivity index is 0.00000364. The highest BCUT2D eigenvalue weighted by Crippen LogP contribution is 2.26. The van der Waals surface area contributed by atoms with Gasteiger partial charge < -0.3 is 15.8 Å². The number of ether oxygens (including phenoxy) is 1. The Morgan fingerprint density at radius 3 is 2.48 bits per heavy atom. The van der Waals surface area contributed by atoms with E-state index >= 15 is 0 Å². The Hall–Kier alpha value is -2.09. The van der Waals surface area contributed by atoms with Gasteiger partial charge in [-0.3, -0.25) is 4.79 Å². The Labute approximate surface area is 166 Å². The molecule has 1 amide bonds. The zero-order valence-electron chi connectivity index (χ0n) is 15.3. The molecular weight excluding hydrogens is 388 g/mol. The fraction of sp³-hybridized carbons (Fsp3) is 0.316. The molecule has 8 heteroatoms. The van der Waals surface area contributed by atoms with E-state index in [4.69, 9.17) is 10.5 Å². The number of rotatable bonds is 8. The second-order valence-electron chi connectivity index (χ2n) is 6.27. The van der Waals surface area contributed by atoms with Gasteiger partial charge in [0.15, 0.2) is 0 Å². The van der Waals surface area contributed by atoms with Crippen molar-refractivity contribution in [3.63, 3.8) is 0 Å². The number of hydrogen-bond acceptors (Lipinski definition) is 5. The van der Waals surface area contributed by atoms with E-state index in [1.807, 2.05) is 55.5 Å². The first kappa shape index (κ1) is 23.0. The highest BCUT2D eigenvalue weighted by molar-refractivity contribution is 7.90. The maximum atomic E-state index is 12.1. The number of benzene rings is 2. The van der Waals surface area contributed by atoms with Crippen LogP contribution in [0.2, 0.25) is 0 Å². The van der Waals surface area contributed by atoms with Gasteiger partial charge in [-0.05, 0) is 37.1 Å². The van der Waals surface area contributed by atoms with E-state index in [-0.39, 0.29) is 37.0 Å². The second kappa shape index (κ2) is 10.3. The van der Waals surface area contributed by atoms with Crippen molar-refractivity contribution in [2.45, 2.75) is 25.9 Å². The largest absolute Gasteiger partial charge is 0.457 e. The van der Waals surface area contributed by atoms with E-state index in [0.29, 0.717) is 11.5 Å². The Kier molecular flexibility index (Phi) is 8.75. The molecule has 0 saturated carbocycles. The lowest BCUT2D eigenvalue weighted by Gasteiger charge is -2.15. The van der Waals surface area contributed by atoms with Crippen LogP contribution in [0.3, 0.4) is 0 Å². The minimum Gasteiger partial charge on any atom is -0.457 e. The lowest BCUT2D eigenvalue weighted by Crippen LogP contribution is -2.41. The molecule has 2 rings (SSSR count). The molecule has 148 valence electrons. The molecule has 2 aromatic rings. The van der Waals surface area contributed by atoms with Crippen molar-refractivity contribution >= 4 is 28.2 Å². The Morgan fingerprint density at radius 2 is 1.85 bits per heavy atom. The van der Waals surface area contributed by atoms with Gasteiger partial charge in [-0.15, -0.1) is 12.4 Å². The van der Waals surface area contributed by atoms with Crippen molar-refractivity contribution < 1.29 is 17.9 Å². The standard InChI is InChI=1S/C19H24N2O4S.ClH/c1-14-8-9-15(18(12-14)25-16-6-4-3-5-7-16)13-21-19(22)17(20)10-11-26(2,23)24;/h3-9,12,17H,10-11,13,20H2,1-2H3,(H,21,22);1H. The molecule has 2 aromatic carbocycles. The lowest BCUT2D eigenvalue weighted by atomic mass is 10.1. The average molecular weight is 413 g/mol. The zero-order chi connectivity index (χ0) is 19.2. The number of para-hydroxylation sites is 1. The van der Waals surface area contributed by atoms with Gasteiger partial charge in [0.25, 0.3) is 0 Å². The molecule has 27 heavy (non-hydrogen) atoms. The second-order valence-corrected chi connectivity index (χ2v) is 8.53. The molecule has 0 aliphatic heterocycles. The van der Waals surface area contributed by atoms with Crippen molar-refractivity contribution in [3.05, 3.63) is 59.7 Å². The normalized spacial score (nSPS) is 12.0. The summed E-state index contributed by atoms with van der Waals surface area (Å²) in [7, 11) is -3.15. The van der Waals surface area contributed by atoms with Crippen LogP contribution >= 0.6 is 12.4 Å². The molecular formula is C19H25ClN2O4S. The van der Waals surface area contributed by atoms with Crippen molar-refractivity contribution in [1.29, 1.82) is 0 Å². The fourth-order valence-corrected chi connectivity index (χ4v) is 2.99. The number of halogens is 1. The molecule has 0 bridgehead atoms. The van der Waals surface area contributed by atoms with Gasteiger partial charge in [0.2, 0.25) is 5.91 Å². The van der Waals surface area contributed by atoms with Crippen LogP contribution in [0.25, 0.3) is 0 Å². The molecule has 0 aliphatic rings. The number of aryl methyl sites for hydroxylation is 1. The summed E-state index contributed by atoms with van der Waals surface area (Å²) in [6.07, 6.45) is 1.21. The summed E-state index contributed by atoms with van der Waals surface area (Å²) >= 11 is 0. The number of nitrogens with one attached hydrogen (secondary N) is 1. The van der Waals surface area contributed by atoms with Gasteiger partial charge >= 0.3 is 0 Å². The Morgan fingerprint density at radius 1 is 1.19 bits per heavy atom. The third-order valence-electron chi connectivity index (χ3n) is 3.78. The fourth-order valence-electron chi connectivity index (χ4n) is 2.30. The van der Waals surface area contributed by atoms with Crippen molar-refractivity contribution in [3.8, 4) is 11.5 Å². The topological polar surface area (TPSA) is 98.5 Å². The predicted octanol–water partition coefficient (Wildman–Crippen LogP) is 2.59. The Bertz CT molecular complexity index is 857. The van der Waals surface area contributed by atoms with E-state index in [9.17, 15) is 13.2 Å². The summed E-state index contributed by atoms with van der Waals surface area (Å²) in [5, 5.41) is 2.74. The van der Waals surface area contributed by atoms with Gasteiger partial charge in [-0.25, -0.2) is 8.42 Å². The molecule has 6 nitrogen and oxygen atoms in total. The van der Waals surface area contributed by atoms with Crippen LogP contribution in [0.15, 0.2) is 48.5 Å². The van der Waals surface area contributed by atoms with Crippen LogP contribution < -0.4 is 15.8 Å². The molecule has 0 fully saturated rings. The lowest BCUT2D eigenvalue weighted by molar-refractivity contribution is -0.122. The first-order chi connectivity index (χ1) is 12.2. The number of amides is 1. The molecule has 0 saturated heterocycles. The van der Waals surface area contributed by atoms with E-state index in [2.05, 4.69) is 5.32 Å². The third kappa shape index (κ3) is 7.99. The van der Waals surface area contributed by atoms with E-state index in [1.165, 1.54) is 0 Å². The van der Waals surface area contributed by atoms with Crippen LogP contribution in [0.1, 0.15) is 17.5 Å². The number of carbonyl (C=O) groups is 1. The smallest absolute Gasteiger partial charge is 0.237 e. The van der Waals surface area contributed by atoms with Crippen LogP contribution in [0.4, 0.5) is 0 Å². The van der Waals surface area contributed by atoms with Gasteiger partial charge in [-0.2, -0.15) is 0 Å². The molecule has 0 aromatic heterocycles. The van der Waals surface area contributed by atoms with Gasteiger partial charge in [0, 0.05) is 18.4 Å². The van der Waals surface area contributed by atoms with E-state index in [0.717, 1.165) is 17.4 Å².